The molecule has 0 saturated heterocycles. The summed E-state index contributed by atoms with van der Waals surface area (Å²) in [6, 6.07) is 13.6. The number of hydrogen-bond acceptors (Lipinski definition) is 4. The molecule has 0 aliphatic heterocycles. The molecule has 140 valence electrons. The summed E-state index contributed by atoms with van der Waals surface area (Å²) in [7, 11) is 0. The normalized spacial score (nSPS) is 10.9. The Morgan fingerprint density at radius 3 is 2.56 bits per heavy atom. The number of aromatic nitrogens is 1. The molecule has 2 amide bonds. The van der Waals surface area contributed by atoms with Gasteiger partial charge in [-0.2, -0.15) is 0 Å². The number of carbonyl (C=O) groups excluding carboxylic acids is 2. The van der Waals surface area contributed by atoms with Gasteiger partial charge in [0.2, 0.25) is 5.91 Å². The second kappa shape index (κ2) is 7.90. The van der Waals surface area contributed by atoms with Crippen molar-refractivity contribution in [2.75, 3.05) is 11.9 Å². The predicted octanol–water partition coefficient (Wildman–Crippen LogP) is 2.62. The summed E-state index contributed by atoms with van der Waals surface area (Å²) in [5.41, 5.74) is 1.73. The molecule has 1 aromatic heterocycles. The van der Waals surface area contributed by atoms with E-state index < -0.39 is 11.7 Å². The Bertz CT molecular complexity index is 1030. The topological polar surface area (TPSA) is 93.3 Å². The number of nitrogens with one attached hydrogen (secondary N) is 2. The Kier molecular flexibility index (Phi) is 5.40. The number of fused-ring (bicyclic) bond motifs is 1. The fourth-order valence-corrected chi connectivity index (χ4v) is 2.68. The molecule has 7 heteroatoms. The van der Waals surface area contributed by atoms with Crippen LogP contribution in [-0.4, -0.2) is 22.9 Å². The van der Waals surface area contributed by atoms with Crippen molar-refractivity contribution < 1.29 is 14.0 Å². The van der Waals surface area contributed by atoms with Crippen LogP contribution in [0.15, 0.2) is 57.7 Å². The monoisotopic (exact) mass is 367 g/mol. The molecule has 2 N–H and O–H groups in total. The first-order valence-electron chi connectivity index (χ1n) is 8.71. The third kappa shape index (κ3) is 4.25. The molecule has 3 rings (SSSR count). The zero-order valence-corrected chi connectivity index (χ0v) is 15.2. The molecular weight excluding hydrogens is 346 g/mol. The van der Waals surface area contributed by atoms with Crippen molar-refractivity contribution in [1.82, 2.24) is 9.88 Å². The number of carbonyl (C=O) groups is 2. The van der Waals surface area contributed by atoms with E-state index in [9.17, 15) is 14.4 Å². The lowest BCUT2D eigenvalue weighted by Crippen LogP contribution is -2.29. The molecule has 0 atom stereocenters. The minimum atomic E-state index is -0.602. The van der Waals surface area contributed by atoms with Gasteiger partial charge in [0.25, 0.3) is 5.91 Å². The van der Waals surface area contributed by atoms with Crippen molar-refractivity contribution in [2.24, 2.45) is 5.92 Å². The standard InChI is InChI=1S/C20H21N3O4/c1-13(2)11-21-19(25)14-7-3-4-8-15(14)22-18(24)12-23-16-9-5-6-10-17(16)27-20(23)26/h3-10,13H,11-12H2,1-2H3,(H,21,25)(H,22,24). The summed E-state index contributed by atoms with van der Waals surface area (Å²) >= 11 is 0. The van der Waals surface area contributed by atoms with Crippen molar-refractivity contribution in [2.45, 2.75) is 20.4 Å². The SMILES string of the molecule is CC(C)CNC(=O)c1ccccc1NC(=O)Cn1c(=O)oc2ccccc21. The van der Waals surface area contributed by atoms with E-state index in [1.54, 1.807) is 48.5 Å². The van der Waals surface area contributed by atoms with Gasteiger partial charge in [-0.15, -0.1) is 0 Å². The first-order valence-corrected chi connectivity index (χ1v) is 8.71. The molecule has 0 fully saturated rings. The number of nitrogens with zero attached hydrogens (tertiary/aromatic N) is 1. The number of oxazole rings is 1. The molecule has 0 spiro atoms. The number of rotatable bonds is 6. The Labute approximate surface area is 156 Å². The maximum atomic E-state index is 12.5. The Morgan fingerprint density at radius 1 is 1.07 bits per heavy atom. The van der Waals surface area contributed by atoms with Gasteiger partial charge in [0.15, 0.2) is 5.58 Å². The fourth-order valence-electron chi connectivity index (χ4n) is 2.68. The third-order valence-electron chi connectivity index (χ3n) is 3.99. The summed E-state index contributed by atoms with van der Waals surface area (Å²) < 4.78 is 6.39. The molecule has 0 saturated carbocycles. The highest BCUT2D eigenvalue weighted by molar-refractivity contribution is 6.03. The van der Waals surface area contributed by atoms with Crippen LogP contribution in [0.2, 0.25) is 0 Å². The maximum Gasteiger partial charge on any atom is 0.420 e. The second-order valence-corrected chi connectivity index (χ2v) is 6.62. The van der Waals surface area contributed by atoms with Crippen LogP contribution in [0.1, 0.15) is 24.2 Å². The zero-order chi connectivity index (χ0) is 19.4. The number of amides is 2. The Morgan fingerprint density at radius 2 is 1.78 bits per heavy atom. The highest BCUT2D eigenvalue weighted by atomic mass is 16.4. The molecule has 7 nitrogen and oxygen atoms in total. The van der Waals surface area contributed by atoms with Gasteiger partial charge in [0.05, 0.1) is 16.8 Å². The first kappa shape index (κ1) is 18.4. The van der Waals surface area contributed by atoms with E-state index in [4.69, 9.17) is 4.42 Å². The molecule has 0 unspecified atom stereocenters. The molecule has 27 heavy (non-hydrogen) atoms. The van der Waals surface area contributed by atoms with Crippen LogP contribution in [0.3, 0.4) is 0 Å². The summed E-state index contributed by atoms with van der Waals surface area (Å²) in [6.07, 6.45) is 0. The van der Waals surface area contributed by atoms with Crippen molar-refractivity contribution in [1.29, 1.82) is 0 Å². The highest BCUT2D eigenvalue weighted by Crippen LogP contribution is 2.16. The van der Waals surface area contributed by atoms with E-state index in [0.717, 1.165) is 0 Å². The van der Waals surface area contributed by atoms with Gasteiger partial charge in [0, 0.05) is 6.54 Å². The van der Waals surface area contributed by atoms with E-state index in [1.807, 2.05) is 13.8 Å². The first-order chi connectivity index (χ1) is 13.0. The lowest BCUT2D eigenvalue weighted by molar-refractivity contribution is -0.116. The average molecular weight is 367 g/mol. The lowest BCUT2D eigenvalue weighted by atomic mass is 10.1. The smallest absolute Gasteiger partial charge is 0.408 e. The van der Waals surface area contributed by atoms with E-state index in [1.165, 1.54) is 4.57 Å². The number of hydrogen-bond donors (Lipinski definition) is 2. The van der Waals surface area contributed by atoms with Crippen molar-refractivity contribution in [3.8, 4) is 0 Å². The second-order valence-electron chi connectivity index (χ2n) is 6.62. The minimum absolute atomic E-state index is 0.211. The van der Waals surface area contributed by atoms with Gasteiger partial charge in [-0.3, -0.25) is 14.2 Å². The molecule has 2 aromatic carbocycles. The molecule has 0 radical (unpaired) electrons. The molecule has 0 aliphatic carbocycles. The van der Waals surface area contributed by atoms with E-state index in [-0.39, 0.29) is 12.5 Å². The quantitative estimate of drug-likeness (QED) is 0.700. The number of anilines is 1. The summed E-state index contributed by atoms with van der Waals surface area (Å²) in [5, 5.41) is 5.54. The largest absolute Gasteiger partial charge is 0.420 e. The molecular formula is C20H21N3O4. The van der Waals surface area contributed by atoms with Crippen LogP contribution in [0.5, 0.6) is 0 Å². The van der Waals surface area contributed by atoms with E-state index in [0.29, 0.717) is 34.8 Å². The zero-order valence-electron chi connectivity index (χ0n) is 15.2. The highest BCUT2D eigenvalue weighted by Gasteiger charge is 2.16. The number of benzene rings is 2. The fraction of sp³-hybridized carbons (Fsp3) is 0.250. The van der Waals surface area contributed by atoms with Crippen molar-refractivity contribution >= 4 is 28.6 Å². The maximum absolute atomic E-state index is 12.5. The Hall–Kier alpha value is -3.35. The van der Waals surface area contributed by atoms with Crippen molar-refractivity contribution in [3.63, 3.8) is 0 Å². The lowest BCUT2D eigenvalue weighted by Gasteiger charge is -2.12. The van der Waals surface area contributed by atoms with Gasteiger partial charge in [-0.1, -0.05) is 38.1 Å². The molecule has 1 heterocycles. The molecule has 3 aromatic rings. The van der Waals surface area contributed by atoms with Gasteiger partial charge < -0.3 is 15.1 Å². The summed E-state index contributed by atoms with van der Waals surface area (Å²) in [5.74, 6) is -0.968. The van der Waals surface area contributed by atoms with Crippen LogP contribution in [-0.2, 0) is 11.3 Å². The van der Waals surface area contributed by atoms with Gasteiger partial charge in [-0.05, 0) is 30.2 Å². The molecule has 0 bridgehead atoms. The number of para-hydroxylation sites is 3. The van der Waals surface area contributed by atoms with Gasteiger partial charge >= 0.3 is 5.76 Å². The summed E-state index contributed by atoms with van der Waals surface area (Å²) in [4.78, 5) is 36.8. The van der Waals surface area contributed by atoms with E-state index >= 15 is 0 Å². The van der Waals surface area contributed by atoms with Gasteiger partial charge in [0.1, 0.15) is 6.54 Å². The third-order valence-corrected chi connectivity index (χ3v) is 3.99. The average Bonchev–Trinajstić information content (AvgIpc) is 2.95. The Balaban J connectivity index is 1.77. The predicted molar refractivity (Wildman–Crippen MR) is 103 cm³/mol. The van der Waals surface area contributed by atoms with E-state index in [2.05, 4.69) is 10.6 Å². The summed E-state index contributed by atoms with van der Waals surface area (Å²) in [6.45, 7) is 4.33. The van der Waals surface area contributed by atoms with Crippen LogP contribution in [0.25, 0.3) is 11.1 Å². The van der Waals surface area contributed by atoms with Gasteiger partial charge in [-0.25, -0.2) is 4.79 Å². The van der Waals surface area contributed by atoms with Crippen LogP contribution in [0, 0.1) is 5.92 Å². The van der Waals surface area contributed by atoms with Crippen LogP contribution < -0.4 is 16.4 Å². The molecule has 0 aliphatic rings. The van der Waals surface area contributed by atoms with Crippen LogP contribution in [0.4, 0.5) is 5.69 Å². The van der Waals surface area contributed by atoms with Crippen LogP contribution >= 0.6 is 0 Å². The van der Waals surface area contributed by atoms with Crippen molar-refractivity contribution in [3.05, 3.63) is 64.6 Å². The minimum Gasteiger partial charge on any atom is -0.408 e.